The number of hydrogen-bond donors (Lipinski definition) is 2. The summed E-state index contributed by atoms with van der Waals surface area (Å²) in [5, 5.41) is 0. The molecule has 100 valence electrons. The van der Waals surface area contributed by atoms with Gasteiger partial charge in [0.25, 0.3) is 10.0 Å². The second kappa shape index (κ2) is 5.20. The van der Waals surface area contributed by atoms with Crippen molar-refractivity contribution in [1.29, 1.82) is 0 Å². The fourth-order valence-electron chi connectivity index (χ4n) is 1.38. The maximum atomic E-state index is 12.0. The number of nitrogens with two attached hydrogens (primary N) is 1. The Hall–Kier alpha value is -1.57. The maximum absolute atomic E-state index is 12.0. The molecular formula is C11H9ClN2O3S2. The minimum absolute atomic E-state index is 0.0991. The van der Waals surface area contributed by atoms with Crippen LogP contribution in [0.4, 0.5) is 5.69 Å². The summed E-state index contributed by atoms with van der Waals surface area (Å²) in [5.41, 5.74) is 5.62. The van der Waals surface area contributed by atoms with Crippen molar-refractivity contribution in [3.05, 3.63) is 46.3 Å². The third-order valence-corrected chi connectivity index (χ3v) is 5.32. The number of nitrogens with one attached hydrogen (secondary N) is 1. The summed E-state index contributed by atoms with van der Waals surface area (Å²) in [6.07, 6.45) is 0. The molecule has 1 aromatic heterocycles. The molecule has 0 bridgehead atoms. The van der Waals surface area contributed by atoms with Gasteiger partial charge < -0.3 is 5.73 Å². The van der Waals surface area contributed by atoms with Gasteiger partial charge in [-0.2, -0.15) is 0 Å². The molecule has 0 saturated carbocycles. The third kappa shape index (κ3) is 3.25. The van der Waals surface area contributed by atoms with E-state index in [1.807, 2.05) is 0 Å². The average Bonchev–Trinajstić information content (AvgIpc) is 2.76. The lowest BCUT2D eigenvalue weighted by atomic mass is 10.2. The Bertz CT molecular complexity index is 725. The molecule has 0 aliphatic rings. The lowest BCUT2D eigenvalue weighted by Gasteiger charge is -2.06. The topological polar surface area (TPSA) is 89.3 Å². The summed E-state index contributed by atoms with van der Waals surface area (Å²) < 4.78 is 26.9. The number of carbonyl (C=O) groups excluding carboxylic acids is 1. The molecule has 3 N–H and O–H groups in total. The lowest BCUT2D eigenvalue weighted by Crippen LogP contribution is -2.14. The van der Waals surface area contributed by atoms with Crippen molar-refractivity contribution in [2.75, 3.05) is 4.72 Å². The Balaban J connectivity index is 2.30. The van der Waals surface area contributed by atoms with Gasteiger partial charge in [0.15, 0.2) is 0 Å². The van der Waals surface area contributed by atoms with Gasteiger partial charge >= 0.3 is 0 Å². The maximum Gasteiger partial charge on any atom is 0.271 e. The molecule has 1 heterocycles. The van der Waals surface area contributed by atoms with E-state index in [0.29, 0.717) is 4.34 Å². The molecule has 1 aromatic carbocycles. The van der Waals surface area contributed by atoms with Crippen LogP contribution in [0, 0.1) is 0 Å². The molecule has 19 heavy (non-hydrogen) atoms. The van der Waals surface area contributed by atoms with Crippen LogP contribution in [0.5, 0.6) is 0 Å². The lowest BCUT2D eigenvalue weighted by molar-refractivity contribution is 0.100. The normalized spacial score (nSPS) is 11.2. The molecule has 1 amide bonds. The van der Waals surface area contributed by atoms with Crippen molar-refractivity contribution in [2.24, 2.45) is 5.73 Å². The van der Waals surface area contributed by atoms with Crippen molar-refractivity contribution >= 4 is 44.6 Å². The van der Waals surface area contributed by atoms with Crippen LogP contribution >= 0.6 is 22.9 Å². The number of primary amides is 1. The molecule has 0 aliphatic carbocycles. The third-order valence-electron chi connectivity index (χ3n) is 2.21. The second-order valence-electron chi connectivity index (χ2n) is 3.61. The molecule has 2 rings (SSSR count). The van der Waals surface area contributed by atoms with Crippen molar-refractivity contribution in [3.63, 3.8) is 0 Å². The van der Waals surface area contributed by atoms with Gasteiger partial charge in [-0.25, -0.2) is 8.42 Å². The molecule has 0 aliphatic heterocycles. The van der Waals surface area contributed by atoms with E-state index in [9.17, 15) is 13.2 Å². The zero-order valence-corrected chi connectivity index (χ0v) is 11.8. The van der Waals surface area contributed by atoms with E-state index in [2.05, 4.69) is 4.72 Å². The highest BCUT2D eigenvalue weighted by atomic mass is 35.5. The zero-order valence-electron chi connectivity index (χ0n) is 9.46. The molecule has 0 unspecified atom stereocenters. The second-order valence-corrected chi connectivity index (χ2v) is 7.23. The first-order valence-corrected chi connectivity index (χ1v) is 7.74. The van der Waals surface area contributed by atoms with Crippen LogP contribution in [-0.4, -0.2) is 14.3 Å². The van der Waals surface area contributed by atoms with Crippen LogP contribution in [0.2, 0.25) is 4.34 Å². The van der Waals surface area contributed by atoms with E-state index in [1.165, 1.54) is 30.3 Å². The smallest absolute Gasteiger partial charge is 0.271 e. The molecule has 5 nitrogen and oxygen atoms in total. The fraction of sp³-hybridized carbons (Fsp3) is 0. The number of thiophene rings is 1. The number of sulfonamides is 1. The van der Waals surface area contributed by atoms with Gasteiger partial charge in [-0.1, -0.05) is 17.7 Å². The molecular weight excluding hydrogens is 308 g/mol. The number of halogens is 1. The van der Waals surface area contributed by atoms with Crippen LogP contribution in [0.25, 0.3) is 0 Å². The van der Waals surface area contributed by atoms with Gasteiger partial charge in [0.1, 0.15) is 4.21 Å². The Morgan fingerprint density at radius 1 is 1.26 bits per heavy atom. The van der Waals surface area contributed by atoms with E-state index >= 15 is 0 Å². The quantitative estimate of drug-likeness (QED) is 0.907. The van der Waals surface area contributed by atoms with Crippen LogP contribution in [-0.2, 0) is 10.0 Å². The SMILES string of the molecule is NC(=O)c1cccc(NS(=O)(=O)c2ccc(Cl)s2)c1. The number of anilines is 1. The van der Waals surface area contributed by atoms with E-state index in [4.69, 9.17) is 17.3 Å². The summed E-state index contributed by atoms with van der Waals surface area (Å²) >= 11 is 6.65. The van der Waals surface area contributed by atoms with Crippen molar-refractivity contribution in [2.45, 2.75) is 4.21 Å². The van der Waals surface area contributed by atoms with Gasteiger partial charge in [-0.3, -0.25) is 9.52 Å². The molecule has 0 fully saturated rings. The summed E-state index contributed by atoms with van der Waals surface area (Å²) in [5.74, 6) is -0.625. The van der Waals surface area contributed by atoms with Crippen molar-refractivity contribution < 1.29 is 13.2 Å². The first-order valence-electron chi connectivity index (χ1n) is 5.06. The molecule has 0 saturated heterocycles. The Morgan fingerprint density at radius 3 is 2.58 bits per heavy atom. The fourth-order valence-corrected chi connectivity index (χ4v) is 3.92. The number of amides is 1. The minimum atomic E-state index is -3.70. The predicted octanol–water partition coefficient (Wildman–Crippen LogP) is 2.30. The zero-order chi connectivity index (χ0) is 14.0. The largest absolute Gasteiger partial charge is 0.366 e. The molecule has 0 spiro atoms. The summed E-state index contributed by atoms with van der Waals surface area (Å²) in [4.78, 5) is 11.0. The van der Waals surface area contributed by atoms with Crippen molar-refractivity contribution in [3.8, 4) is 0 Å². The highest BCUT2D eigenvalue weighted by Gasteiger charge is 2.17. The molecule has 0 atom stereocenters. The van der Waals surface area contributed by atoms with Gasteiger partial charge in [-0.05, 0) is 30.3 Å². The number of benzene rings is 1. The monoisotopic (exact) mass is 316 g/mol. The van der Waals surface area contributed by atoms with E-state index < -0.39 is 15.9 Å². The van der Waals surface area contributed by atoms with E-state index in [1.54, 1.807) is 6.07 Å². The summed E-state index contributed by atoms with van der Waals surface area (Å²) in [6, 6.07) is 8.85. The predicted molar refractivity (Wildman–Crippen MR) is 75.1 cm³/mol. The minimum Gasteiger partial charge on any atom is -0.366 e. The van der Waals surface area contributed by atoms with Gasteiger partial charge in [-0.15, -0.1) is 11.3 Å². The first-order chi connectivity index (χ1) is 8.88. The summed E-state index contributed by atoms with van der Waals surface area (Å²) in [7, 11) is -3.70. The van der Waals surface area contributed by atoms with Crippen LogP contribution in [0.1, 0.15) is 10.4 Å². The Kier molecular flexibility index (Phi) is 3.79. The van der Waals surface area contributed by atoms with Gasteiger partial charge in [0.2, 0.25) is 5.91 Å². The summed E-state index contributed by atoms with van der Waals surface area (Å²) in [6.45, 7) is 0. The first kappa shape index (κ1) is 13.9. The van der Waals surface area contributed by atoms with E-state index in [0.717, 1.165) is 11.3 Å². The molecule has 0 radical (unpaired) electrons. The number of carbonyl (C=O) groups is 1. The molecule has 2 aromatic rings. The standard InChI is InChI=1S/C11H9ClN2O3S2/c12-9-4-5-10(18-9)19(16,17)14-8-3-1-2-7(6-8)11(13)15/h1-6,14H,(H2,13,15). The number of rotatable bonds is 4. The van der Waals surface area contributed by atoms with Gasteiger partial charge in [0, 0.05) is 11.3 Å². The highest BCUT2D eigenvalue weighted by molar-refractivity contribution is 7.94. The van der Waals surface area contributed by atoms with Crippen LogP contribution in [0.3, 0.4) is 0 Å². The number of hydrogen-bond acceptors (Lipinski definition) is 4. The average molecular weight is 317 g/mol. The highest BCUT2D eigenvalue weighted by Crippen LogP contribution is 2.27. The van der Waals surface area contributed by atoms with Crippen LogP contribution in [0.15, 0.2) is 40.6 Å². The van der Waals surface area contributed by atoms with Crippen molar-refractivity contribution in [1.82, 2.24) is 0 Å². The van der Waals surface area contributed by atoms with E-state index in [-0.39, 0.29) is 15.5 Å². The Morgan fingerprint density at radius 2 is 2.00 bits per heavy atom. The van der Waals surface area contributed by atoms with Gasteiger partial charge in [0.05, 0.1) is 4.34 Å². The molecule has 8 heteroatoms. The Labute approximate surface area is 119 Å². The van der Waals surface area contributed by atoms with Crippen LogP contribution < -0.4 is 10.5 Å².